The summed E-state index contributed by atoms with van der Waals surface area (Å²) in [6.07, 6.45) is 14.8. The van der Waals surface area contributed by atoms with Crippen LogP contribution >= 0.6 is 0 Å². The van der Waals surface area contributed by atoms with Crippen LogP contribution in [0.4, 0.5) is 0 Å². The lowest BCUT2D eigenvalue weighted by atomic mass is 9.47. The van der Waals surface area contributed by atoms with Crippen molar-refractivity contribution < 1.29 is 4.74 Å². The van der Waals surface area contributed by atoms with Gasteiger partial charge in [0.25, 0.3) is 0 Å². The van der Waals surface area contributed by atoms with E-state index in [1.54, 1.807) is 0 Å². The lowest BCUT2D eigenvalue weighted by Gasteiger charge is -2.58. The second-order valence-corrected chi connectivity index (χ2v) is 10.0. The third kappa shape index (κ3) is 1.47. The molecule has 4 saturated carbocycles. The van der Waals surface area contributed by atoms with E-state index in [4.69, 9.17) is 4.74 Å². The van der Waals surface area contributed by atoms with Crippen molar-refractivity contribution in [3.63, 3.8) is 0 Å². The van der Waals surface area contributed by atoms with Crippen LogP contribution in [0, 0.1) is 35.0 Å². The first kappa shape index (κ1) is 14.3. The highest BCUT2D eigenvalue weighted by molar-refractivity contribution is 5.27. The number of ether oxygens (including phenoxy) is 1. The van der Waals surface area contributed by atoms with Gasteiger partial charge in [0, 0.05) is 0 Å². The van der Waals surface area contributed by atoms with Gasteiger partial charge in [0.15, 0.2) is 0 Å². The minimum absolute atomic E-state index is 0.299. The summed E-state index contributed by atoms with van der Waals surface area (Å²) >= 11 is 0. The van der Waals surface area contributed by atoms with Crippen molar-refractivity contribution in [1.29, 1.82) is 0 Å². The molecule has 5 rings (SSSR count). The Bertz CT molecular complexity index is 484. The molecule has 0 N–H and O–H groups in total. The summed E-state index contributed by atoms with van der Waals surface area (Å²) in [6, 6.07) is 0. The molecule has 0 radical (unpaired) electrons. The quantitative estimate of drug-likeness (QED) is 0.576. The number of rotatable bonds is 1. The van der Waals surface area contributed by atoms with Gasteiger partial charge in [-0.05, 0) is 86.4 Å². The molecule has 1 aliphatic heterocycles. The topological polar surface area (TPSA) is 12.5 Å². The van der Waals surface area contributed by atoms with Gasteiger partial charge in [-0.25, -0.2) is 0 Å². The van der Waals surface area contributed by atoms with Gasteiger partial charge < -0.3 is 4.74 Å². The smallest absolute Gasteiger partial charge is 0.101 e. The van der Waals surface area contributed by atoms with Gasteiger partial charge in [0.05, 0.1) is 0 Å². The van der Waals surface area contributed by atoms with E-state index in [1.807, 2.05) is 0 Å². The Morgan fingerprint density at radius 3 is 2.45 bits per heavy atom. The van der Waals surface area contributed by atoms with E-state index >= 15 is 0 Å². The number of fused-ring (bicyclic) bond motifs is 4. The Morgan fingerprint density at radius 2 is 1.68 bits per heavy atom. The second kappa shape index (κ2) is 4.32. The van der Waals surface area contributed by atoms with Crippen LogP contribution in [0.1, 0.15) is 85.0 Å². The summed E-state index contributed by atoms with van der Waals surface area (Å²) in [4.78, 5) is 0. The number of epoxide rings is 1. The van der Waals surface area contributed by atoms with Crippen molar-refractivity contribution in [2.24, 2.45) is 35.0 Å². The summed E-state index contributed by atoms with van der Waals surface area (Å²) in [5.41, 5.74) is 1.31. The predicted octanol–water partition coefficient (Wildman–Crippen LogP) is 5.58. The lowest BCUT2D eigenvalue weighted by Crippen LogP contribution is -2.52. The number of hydrogen-bond acceptors (Lipinski definition) is 1. The molecule has 4 aliphatic carbocycles. The van der Waals surface area contributed by atoms with E-state index in [0.717, 1.165) is 29.6 Å². The molecule has 0 aromatic rings. The molecule has 3 unspecified atom stereocenters. The molecular weight excluding hydrogens is 268 g/mol. The first-order valence-electron chi connectivity index (χ1n) is 10.2. The van der Waals surface area contributed by atoms with Crippen LogP contribution in [0.15, 0.2) is 0 Å². The lowest BCUT2D eigenvalue weighted by molar-refractivity contribution is -0.0949. The zero-order valence-electron chi connectivity index (χ0n) is 14.9. The standard InChI is InChI=1S/C21H34O/c1-14(2)20-12-10-18-16-8-7-15-6-4-5-11-19(15,3)17(16)9-13-21(18,20)22-20/h14-18H,4-13H2,1-3H3/t15?,16-,17?,18?,19+,20-,21-/m1/s1. The highest BCUT2D eigenvalue weighted by Gasteiger charge is 2.79. The first-order chi connectivity index (χ1) is 10.5. The van der Waals surface area contributed by atoms with Gasteiger partial charge >= 0.3 is 0 Å². The minimum Gasteiger partial charge on any atom is -0.362 e. The second-order valence-electron chi connectivity index (χ2n) is 10.0. The van der Waals surface area contributed by atoms with Crippen LogP contribution in [0.2, 0.25) is 0 Å². The first-order valence-corrected chi connectivity index (χ1v) is 10.2. The van der Waals surface area contributed by atoms with Crippen LogP contribution in [0.3, 0.4) is 0 Å². The molecule has 124 valence electrons. The SMILES string of the molecule is CC(C)[C@]12CCC3[C@@H]4CCC5CCCC[C@]5(C)C4CC[C@@]31O2. The molecular formula is C21H34O. The van der Waals surface area contributed by atoms with Gasteiger partial charge in [-0.15, -0.1) is 0 Å². The van der Waals surface area contributed by atoms with Crippen molar-refractivity contribution in [2.75, 3.05) is 0 Å². The molecule has 22 heavy (non-hydrogen) atoms. The molecule has 7 atom stereocenters. The predicted molar refractivity (Wildman–Crippen MR) is 89.6 cm³/mol. The minimum atomic E-state index is 0.299. The van der Waals surface area contributed by atoms with Crippen LogP contribution in [0.5, 0.6) is 0 Å². The van der Waals surface area contributed by atoms with Crippen LogP contribution < -0.4 is 0 Å². The molecule has 0 aromatic heterocycles. The van der Waals surface area contributed by atoms with Gasteiger partial charge in [0.2, 0.25) is 0 Å². The average molecular weight is 303 g/mol. The molecule has 1 heteroatoms. The van der Waals surface area contributed by atoms with E-state index in [0.29, 0.717) is 16.6 Å². The van der Waals surface area contributed by atoms with Gasteiger partial charge in [-0.2, -0.15) is 0 Å². The number of hydrogen-bond donors (Lipinski definition) is 0. The molecule has 1 nitrogen and oxygen atoms in total. The normalized spacial score (nSPS) is 59.5. The van der Waals surface area contributed by atoms with Crippen LogP contribution in [-0.2, 0) is 4.74 Å². The Morgan fingerprint density at radius 1 is 0.864 bits per heavy atom. The summed E-state index contributed by atoms with van der Waals surface area (Å²) in [5.74, 6) is 4.70. The van der Waals surface area contributed by atoms with Gasteiger partial charge in [-0.3, -0.25) is 0 Å². The van der Waals surface area contributed by atoms with E-state index in [1.165, 1.54) is 64.2 Å². The van der Waals surface area contributed by atoms with Gasteiger partial charge in [0.1, 0.15) is 11.2 Å². The van der Waals surface area contributed by atoms with E-state index in [2.05, 4.69) is 20.8 Å². The maximum atomic E-state index is 6.61. The molecule has 0 aromatic carbocycles. The summed E-state index contributed by atoms with van der Waals surface area (Å²) in [7, 11) is 0. The molecule has 1 spiro atoms. The Hall–Kier alpha value is -0.0400. The zero-order chi connectivity index (χ0) is 15.2. The summed E-state index contributed by atoms with van der Waals surface area (Å²) in [6.45, 7) is 7.50. The van der Waals surface area contributed by atoms with E-state index in [9.17, 15) is 0 Å². The fraction of sp³-hybridized carbons (Fsp3) is 1.00. The van der Waals surface area contributed by atoms with Crippen molar-refractivity contribution in [3.8, 4) is 0 Å². The van der Waals surface area contributed by atoms with E-state index < -0.39 is 0 Å². The monoisotopic (exact) mass is 302 g/mol. The molecule has 0 amide bonds. The molecule has 5 aliphatic rings. The fourth-order valence-electron chi connectivity index (χ4n) is 8.33. The average Bonchev–Trinajstić information content (AvgIpc) is 3.04. The Labute approximate surface area is 136 Å². The zero-order valence-corrected chi connectivity index (χ0v) is 14.9. The third-order valence-corrected chi connectivity index (χ3v) is 9.40. The van der Waals surface area contributed by atoms with Crippen molar-refractivity contribution >= 4 is 0 Å². The molecule has 5 fully saturated rings. The van der Waals surface area contributed by atoms with Crippen molar-refractivity contribution in [3.05, 3.63) is 0 Å². The highest BCUT2D eigenvalue weighted by atomic mass is 16.6. The van der Waals surface area contributed by atoms with Crippen molar-refractivity contribution in [2.45, 2.75) is 96.2 Å². The summed E-state index contributed by atoms with van der Waals surface area (Å²) < 4.78 is 6.61. The molecule has 1 saturated heterocycles. The van der Waals surface area contributed by atoms with Crippen LogP contribution in [0.25, 0.3) is 0 Å². The maximum Gasteiger partial charge on any atom is 0.101 e. The maximum absolute atomic E-state index is 6.61. The molecule has 1 heterocycles. The summed E-state index contributed by atoms with van der Waals surface area (Å²) in [5, 5.41) is 0. The third-order valence-electron chi connectivity index (χ3n) is 9.40. The molecule has 0 bridgehead atoms. The highest BCUT2D eigenvalue weighted by Crippen LogP contribution is 2.75. The van der Waals surface area contributed by atoms with Gasteiger partial charge in [-0.1, -0.05) is 33.6 Å². The fourth-order valence-corrected chi connectivity index (χ4v) is 8.33. The van der Waals surface area contributed by atoms with E-state index in [-0.39, 0.29) is 0 Å². The Balaban J connectivity index is 1.46. The van der Waals surface area contributed by atoms with Crippen molar-refractivity contribution in [1.82, 2.24) is 0 Å². The Kier molecular flexibility index (Phi) is 2.81. The largest absolute Gasteiger partial charge is 0.362 e. The van der Waals surface area contributed by atoms with Crippen LogP contribution in [-0.4, -0.2) is 11.2 Å².